The van der Waals surface area contributed by atoms with Gasteiger partial charge >= 0.3 is 0 Å². The number of benzene rings is 2. The molecule has 1 aliphatic heterocycles. The Hall–Kier alpha value is -1.80. The molecular weight excluding hydrogens is 575 g/mol. The van der Waals surface area contributed by atoms with Crippen molar-refractivity contribution in [2.24, 2.45) is 11.7 Å². The average Bonchev–Trinajstić information content (AvgIpc) is 2.89. The van der Waals surface area contributed by atoms with E-state index < -0.39 is 40.3 Å². The molecule has 1 saturated heterocycles. The predicted molar refractivity (Wildman–Crippen MR) is 163 cm³/mol. The van der Waals surface area contributed by atoms with Gasteiger partial charge in [-0.05, 0) is 36.9 Å². The molecule has 1 aliphatic rings. The fourth-order valence-electron chi connectivity index (χ4n) is 4.44. The van der Waals surface area contributed by atoms with Gasteiger partial charge in [-0.15, -0.1) is 29.6 Å². The largest absolute Gasteiger partial charge is 0.391 e. The number of rotatable bonds is 13. The second kappa shape index (κ2) is 17.2. The van der Waals surface area contributed by atoms with E-state index in [0.717, 1.165) is 24.2 Å². The second-order valence-electron chi connectivity index (χ2n) is 10.3. The number of hydrazine groups is 1. The summed E-state index contributed by atoms with van der Waals surface area (Å²) in [6, 6.07) is 16.9. The van der Waals surface area contributed by atoms with Gasteiger partial charge in [-0.25, -0.2) is 5.01 Å². The number of carbonyl (C=O) groups excluding carboxylic acids is 1. The Morgan fingerprint density at radius 1 is 0.975 bits per heavy atom. The molecule has 2 aromatic carbocycles. The van der Waals surface area contributed by atoms with Gasteiger partial charge in [0.2, 0.25) is 5.91 Å². The summed E-state index contributed by atoms with van der Waals surface area (Å²) in [5.41, 5.74) is 8.19. The number of nitrogens with zero attached hydrogens (tertiary/aromatic N) is 2. The zero-order valence-corrected chi connectivity index (χ0v) is 25.7. The molecular formula is C27H44Cl2N6O4S. The van der Waals surface area contributed by atoms with Gasteiger partial charge in [-0.2, -0.15) is 13.1 Å². The molecule has 3 unspecified atom stereocenters. The van der Waals surface area contributed by atoms with Crippen LogP contribution in [-0.4, -0.2) is 80.8 Å². The predicted octanol–water partition coefficient (Wildman–Crippen LogP) is 1.62. The summed E-state index contributed by atoms with van der Waals surface area (Å²) >= 11 is 0. The smallest absolute Gasteiger partial charge is 0.290 e. The molecule has 0 radical (unpaired) electrons. The van der Waals surface area contributed by atoms with Crippen molar-refractivity contribution in [1.82, 2.24) is 24.8 Å². The molecule has 10 nitrogen and oxygen atoms in total. The highest BCUT2D eigenvalue weighted by atomic mass is 35.5. The Kier molecular flexibility index (Phi) is 15.6. The molecule has 0 aliphatic carbocycles. The van der Waals surface area contributed by atoms with E-state index in [-0.39, 0.29) is 37.2 Å². The first-order valence-electron chi connectivity index (χ1n) is 13.1. The molecule has 1 fully saturated rings. The first-order valence-corrected chi connectivity index (χ1v) is 14.6. The zero-order valence-electron chi connectivity index (χ0n) is 23.3. The van der Waals surface area contributed by atoms with Crippen molar-refractivity contribution >= 4 is 40.9 Å². The van der Waals surface area contributed by atoms with E-state index in [0.29, 0.717) is 19.5 Å². The van der Waals surface area contributed by atoms with Crippen LogP contribution in [0.1, 0.15) is 37.4 Å². The highest BCUT2D eigenvalue weighted by Gasteiger charge is 2.32. The molecule has 0 saturated carbocycles. The van der Waals surface area contributed by atoms with Crippen LogP contribution in [0.5, 0.6) is 0 Å². The molecule has 2 aromatic rings. The van der Waals surface area contributed by atoms with Crippen molar-refractivity contribution in [2.45, 2.75) is 50.9 Å². The van der Waals surface area contributed by atoms with E-state index in [1.807, 2.05) is 67.7 Å². The minimum atomic E-state index is -3.99. The van der Waals surface area contributed by atoms with Crippen molar-refractivity contribution in [2.75, 3.05) is 33.2 Å². The Labute approximate surface area is 251 Å². The molecule has 1 amide bonds. The molecule has 1 heterocycles. The topological polar surface area (TPSA) is 140 Å². The van der Waals surface area contributed by atoms with Crippen molar-refractivity contribution in [3.8, 4) is 0 Å². The van der Waals surface area contributed by atoms with E-state index in [1.54, 1.807) is 18.9 Å². The highest BCUT2D eigenvalue weighted by Crippen LogP contribution is 2.19. The van der Waals surface area contributed by atoms with Gasteiger partial charge in [-0.3, -0.25) is 4.79 Å². The summed E-state index contributed by atoms with van der Waals surface area (Å²) in [4.78, 5) is 18.1. The SMILES string of the molecule is CC(C)[C@H](NS(=O)(=O)NN1CCN(C)CC1)C(=O)NC(Cc1ccccc1)C(O)CC(N)c1ccccc1.Cl.Cl. The van der Waals surface area contributed by atoms with Gasteiger partial charge in [-0.1, -0.05) is 74.5 Å². The molecule has 40 heavy (non-hydrogen) atoms. The fraction of sp³-hybridized carbons (Fsp3) is 0.519. The van der Waals surface area contributed by atoms with Crippen LogP contribution in [0.4, 0.5) is 0 Å². The van der Waals surface area contributed by atoms with Gasteiger partial charge in [0.25, 0.3) is 10.2 Å². The zero-order chi connectivity index (χ0) is 27.7. The maximum absolute atomic E-state index is 13.4. The maximum Gasteiger partial charge on any atom is 0.290 e. The van der Waals surface area contributed by atoms with Gasteiger partial charge < -0.3 is 21.1 Å². The summed E-state index contributed by atoms with van der Waals surface area (Å²) in [5, 5.41) is 15.7. The number of hydrogen-bond acceptors (Lipinski definition) is 7. The molecule has 226 valence electrons. The van der Waals surface area contributed by atoms with Crippen LogP contribution in [0.3, 0.4) is 0 Å². The van der Waals surface area contributed by atoms with Crippen LogP contribution in [0.2, 0.25) is 0 Å². The number of nitrogens with two attached hydrogens (primary N) is 1. The third kappa shape index (κ3) is 11.6. The number of aliphatic hydroxyl groups is 1. The van der Waals surface area contributed by atoms with Crippen LogP contribution in [0.25, 0.3) is 0 Å². The first-order chi connectivity index (χ1) is 18.0. The Morgan fingerprint density at radius 2 is 1.52 bits per heavy atom. The maximum atomic E-state index is 13.4. The minimum absolute atomic E-state index is 0. The summed E-state index contributed by atoms with van der Waals surface area (Å²) in [6.07, 6.45) is -0.362. The normalized spacial score (nSPS) is 17.6. The van der Waals surface area contributed by atoms with Gasteiger partial charge in [0.1, 0.15) is 6.04 Å². The Bertz CT molecular complexity index is 1110. The van der Waals surface area contributed by atoms with E-state index in [2.05, 4.69) is 19.8 Å². The molecule has 6 N–H and O–H groups in total. The van der Waals surface area contributed by atoms with Crippen LogP contribution < -0.4 is 20.6 Å². The molecule has 4 atom stereocenters. The number of aliphatic hydroxyl groups excluding tert-OH is 1. The standard InChI is InChI=1S/C27H42N6O4S.2ClH/c1-20(2)26(30-38(36,37)31-33-16-14-32(3)15-17-33)27(35)29-24(18-21-10-6-4-7-11-21)25(34)19-23(28)22-12-8-5-9-13-22;;/h4-13,20,23-26,30-31,34H,14-19,28H2,1-3H3,(H,29,35);2*1H/t23?,24?,25?,26-;;/m0../s1. The summed E-state index contributed by atoms with van der Waals surface area (Å²) < 4.78 is 28.3. The van der Waals surface area contributed by atoms with E-state index >= 15 is 0 Å². The van der Waals surface area contributed by atoms with Crippen molar-refractivity contribution in [3.05, 3.63) is 71.8 Å². The third-order valence-electron chi connectivity index (χ3n) is 6.80. The third-order valence-corrected chi connectivity index (χ3v) is 7.86. The van der Waals surface area contributed by atoms with Gasteiger partial charge in [0.05, 0.1) is 12.1 Å². The van der Waals surface area contributed by atoms with Gasteiger partial charge in [0.15, 0.2) is 0 Å². The van der Waals surface area contributed by atoms with Crippen molar-refractivity contribution < 1.29 is 18.3 Å². The lowest BCUT2D eigenvalue weighted by Crippen LogP contribution is -2.60. The summed E-state index contributed by atoms with van der Waals surface area (Å²) in [7, 11) is -2.01. The van der Waals surface area contributed by atoms with E-state index in [9.17, 15) is 18.3 Å². The summed E-state index contributed by atoms with van der Waals surface area (Å²) in [5.74, 6) is -0.836. The van der Waals surface area contributed by atoms with Crippen LogP contribution in [0.15, 0.2) is 60.7 Å². The monoisotopic (exact) mass is 618 g/mol. The van der Waals surface area contributed by atoms with Gasteiger partial charge in [0, 0.05) is 32.2 Å². The number of piperazine rings is 1. The van der Waals surface area contributed by atoms with Crippen LogP contribution in [0, 0.1) is 5.92 Å². The minimum Gasteiger partial charge on any atom is -0.391 e. The lowest BCUT2D eigenvalue weighted by molar-refractivity contribution is -0.125. The van der Waals surface area contributed by atoms with Crippen molar-refractivity contribution in [3.63, 3.8) is 0 Å². The lowest BCUT2D eigenvalue weighted by atomic mass is 9.93. The van der Waals surface area contributed by atoms with E-state index in [4.69, 9.17) is 5.73 Å². The quantitative estimate of drug-likeness (QED) is 0.230. The molecule has 0 aromatic heterocycles. The number of likely N-dealkylation sites (N-methyl/N-ethyl adjacent to an activating group) is 1. The number of nitrogens with one attached hydrogen (secondary N) is 3. The fourth-order valence-corrected chi connectivity index (χ4v) is 5.73. The molecule has 0 spiro atoms. The number of hydrogen-bond donors (Lipinski definition) is 5. The molecule has 0 bridgehead atoms. The first kappa shape index (κ1) is 36.2. The van der Waals surface area contributed by atoms with Crippen molar-refractivity contribution in [1.29, 1.82) is 0 Å². The Balaban J connectivity index is 0.00000400. The molecule has 3 rings (SSSR count). The number of halogens is 2. The number of carbonyl (C=O) groups is 1. The second-order valence-corrected chi connectivity index (χ2v) is 11.8. The lowest BCUT2D eigenvalue weighted by Gasteiger charge is -2.33. The molecule has 13 heteroatoms. The summed E-state index contributed by atoms with van der Waals surface area (Å²) in [6.45, 7) is 6.11. The Morgan fingerprint density at radius 3 is 2.08 bits per heavy atom. The average molecular weight is 620 g/mol. The van der Waals surface area contributed by atoms with Crippen LogP contribution >= 0.6 is 24.8 Å². The number of amides is 1. The van der Waals surface area contributed by atoms with E-state index in [1.165, 1.54) is 0 Å². The highest BCUT2D eigenvalue weighted by molar-refractivity contribution is 7.87. The van der Waals surface area contributed by atoms with Crippen LogP contribution in [-0.2, 0) is 21.4 Å².